The fraction of sp³-hybridized carbons (Fsp3) is 0.125. The first-order valence-electron chi connectivity index (χ1n) is 3.88. The van der Waals surface area contributed by atoms with E-state index in [-0.39, 0.29) is 0 Å². The average Bonchev–Trinajstić information content (AvgIpc) is 2.53. The first kappa shape index (κ1) is 7.72. The van der Waals surface area contributed by atoms with Gasteiger partial charge in [0.25, 0.3) is 0 Å². The number of hydrogen-bond acceptors (Lipinski definition) is 4. The van der Waals surface area contributed by atoms with Gasteiger partial charge in [-0.2, -0.15) is 5.10 Å². The van der Waals surface area contributed by atoms with E-state index in [2.05, 4.69) is 25.5 Å². The van der Waals surface area contributed by atoms with Crippen molar-refractivity contribution < 1.29 is 0 Å². The maximum Gasteiger partial charge on any atom is 0.152 e. The molecule has 13 heavy (non-hydrogen) atoms. The summed E-state index contributed by atoms with van der Waals surface area (Å²) in [5.74, 6) is 0.771. The van der Waals surface area contributed by atoms with Gasteiger partial charge in [0.2, 0.25) is 0 Å². The number of aromatic nitrogens is 4. The van der Waals surface area contributed by atoms with E-state index in [0.717, 1.165) is 17.2 Å². The summed E-state index contributed by atoms with van der Waals surface area (Å²) in [5.41, 5.74) is 1.84. The van der Waals surface area contributed by atoms with Crippen LogP contribution in [-0.2, 0) is 0 Å². The van der Waals surface area contributed by atoms with Gasteiger partial charge in [-0.05, 0) is 6.92 Å². The first-order chi connectivity index (χ1) is 6.34. The number of anilines is 2. The Morgan fingerprint density at radius 3 is 2.69 bits per heavy atom. The third-order valence-electron chi connectivity index (χ3n) is 1.54. The molecule has 66 valence electrons. The fourth-order valence-corrected chi connectivity index (χ4v) is 0.994. The Bertz CT molecular complexity index is 380. The zero-order valence-corrected chi connectivity index (χ0v) is 7.15. The molecule has 2 N–H and O–H groups in total. The van der Waals surface area contributed by atoms with Crippen LogP contribution in [0.3, 0.4) is 0 Å². The molecule has 0 amide bonds. The molecule has 2 aromatic heterocycles. The highest BCUT2D eigenvalue weighted by molar-refractivity contribution is 5.53. The maximum absolute atomic E-state index is 4.02. The van der Waals surface area contributed by atoms with Gasteiger partial charge >= 0.3 is 0 Å². The van der Waals surface area contributed by atoms with Crippen molar-refractivity contribution in [3.63, 3.8) is 0 Å². The predicted molar refractivity (Wildman–Crippen MR) is 48.6 cm³/mol. The summed E-state index contributed by atoms with van der Waals surface area (Å²) in [4.78, 5) is 7.75. The monoisotopic (exact) mass is 175 g/mol. The largest absolute Gasteiger partial charge is 0.336 e. The number of H-pyrrole nitrogens is 1. The van der Waals surface area contributed by atoms with Gasteiger partial charge < -0.3 is 5.32 Å². The maximum atomic E-state index is 4.02. The van der Waals surface area contributed by atoms with E-state index in [0.29, 0.717) is 0 Å². The standard InChI is InChI=1S/C8H9N5/c1-6-2-8(13-12-6)11-7-3-9-5-10-4-7/h2-5H,1H3,(H2,11,12,13). The molecule has 0 spiro atoms. The molecule has 5 nitrogen and oxygen atoms in total. The molecule has 0 atom stereocenters. The van der Waals surface area contributed by atoms with Crippen molar-refractivity contribution in [1.29, 1.82) is 0 Å². The summed E-state index contributed by atoms with van der Waals surface area (Å²) < 4.78 is 0. The van der Waals surface area contributed by atoms with E-state index < -0.39 is 0 Å². The summed E-state index contributed by atoms with van der Waals surface area (Å²) in [7, 11) is 0. The summed E-state index contributed by atoms with van der Waals surface area (Å²) in [6.07, 6.45) is 4.87. The molecule has 2 aromatic rings. The molecule has 0 aliphatic heterocycles. The second kappa shape index (κ2) is 3.22. The van der Waals surface area contributed by atoms with Crippen LogP contribution in [0.5, 0.6) is 0 Å². The van der Waals surface area contributed by atoms with Crippen LogP contribution in [0.2, 0.25) is 0 Å². The van der Waals surface area contributed by atoms with Crippen LogP contribution in [0, 0.1) is 6.92 Å². The summed E-state index contributed by atoms with van der Waals surface area (Å²) in [6, 6.07) is 1.91. The molecule has 2 rings (SSSR count). The Balaban J connectivity index is 2.15. The highest BCUT2D eigenvalue weighted by atomic mass is 15.2. The Morgan fingerprint density at radius 2 is 2.08 bits per heavy atom. The zero-order chi connectivity index (χ0) is 9.10. The number of aromatic amines is 1. The predicted octanol–water partition coefficient (Wildman–Crippen LogP) is 1.25. The quantitative estimate of drug-likeness (QED) is 0.720. The molecule has 0 unspecified atom stereocenters. The Hall–Kier alpha value is -1.91. The molecule has 0 aliphatic carbocycles. The second-order valence-electron chi connectivity index (χ2n) is 2.69. The molecule has 0 radical (unpaired) electrons. The molecule has 5 heteroatoms. The molecule has 2 heterocycles. The van der Waals surface area contributed by atoms with Gasteiger partial charge in [-0.3, -0.25) is 5.10 Å². The van der Waals surface area contributed by atoms with E-state index >= 15 is 0 Å². The van der Waals surface area contributed by atoms with Gasteiger partial charge in [-0.15, -0.1) is 0 Å². The molecule has 0 saturated heterocycles. The fourth-order valence-electron chi connectivity index (χ4n) is 0.994. The van der Waals surface area contributed by atoms with E-state index in [1.807, 2.05) is 13.0 Å². The Kier molecular flexibility index (Phi) is 1.91. The van der Waals surface area contributed by atoms with Crippen molar-refractivity contribution in [3.8, 4) is 0 Å². The van der Waals surface area contributed by atoms with E-state index in [1.54, 1.807) is 12.4 Å². The van der Waals surface area contributed by atoms with E-state index in [9.17, 15) is 0 Å². The number of nitrogens with one attached hydrogen (secondary N) is 2. The van der Waals surface area contributed by atoms with Crippen LogP contribution < -0.4 is 5.32 Å². The summed E-state index contributed by atoms with van der Waals surface area (Å²) >= 11 is 0. The molecular weight excluding hydrogens is 166 g/mol. The van der Waals surface area contributed by atoms with E-state index in [4.69, 9.17) is 0 Å². The number of rotatable bonds is 2. The Labute approximate surface area is 75.2 Å². The average molecular weight is 175 g/mol. The minimum atomic E-state index is 0.771. The van der Waals surface area contributed by atoms with Crippen molar-refractivity contribution in [2.45, 2.75) is 6.92 Å². The van der Waals surface area contributed by atoms with Gasteiger partial charge in [0, 0.05) is 11.8 Å². The minimum absolute atomic E-state index is 0.771. The van der Waals surface area contributed by atoms with Crippen LogP contribution in [0.15, 0.2) is 24.8 Å². The second-order valence-corrected chi connectivity index (χ2v) is 2.69. The number of nitrogens with zero attached hydrogens (tertiary/aromatic N) is 3. The zero-order valence-electron chi connectivity index (χ0n) is 7.15. The van der Waals surface area contributed by atoms with Gasteiger partial charge in [0.15, 0.2) is 5.82 Å². The normalized spacial score (nSPS) is 9.92. The third kappa shape index (κ3) is 1.81. The molecule has 0 aliphatic rings. The van der Waals surface area contributed by atoms with Crippen LogP contribution in [0.4, 0.5) is 11.5 Å². The van der Waals surface area contributed by atoms with Crippen LogP contribution in [0.25, 0.3) is 0 Å². The van der Waals surface area contributed by atoms with Crippen LogP contribution >= 0.6 is 0 Å². The molecular formula is C8H9N5. The molecule has 0 fully saturated rings. The lowest BCUT2D eigenvalue weighted by Crippen LogP contribution is -1.91. The smallest absolute Gasteiger partial charge is 0.152 e. The van der Waals surface area contributed by atoms with Crippen molar-refractivity contribution in [2.75, 3.05) is 5.32 Å². The number of aryl methyl sites for hydroxylation is 1. The highest BCUT2D eigenvalue weighted by Crippen LogP contribution is 2.11. The minimum Gasteiger partial charge on any atom is -0.336 e. The van der Waals surface area contributed by atoms with E-state index in [1.165, 1.54) is 6.33 Å². The SMILES string of the molecule is Cc1cc(Nc2cncnc2)n[nH]1. The van der Waals surface area contributed by atoms with Crippen molar-refractivity contribution in [3.05, 3.63) is 30.5 Å². The van der Waals surface area contributed by atoms with Crippen molar-refractivity contribution in [2.24, 2.45) is 0 Å². The lowest BCUT2D eigenvalue weighted by molar-refractivity contribution is 1.05. The summed E-state index contributed by atoms with van der Waals surface area (Å²) in [5, 5.41) is 9.91. The van der Waals surface area contributed by atoms with Gasteiger partial charge in [-0.1, -0.05) is 0 Å². The molecule has 0 bridgehead atoms. The Morgan fingerprint density at radius 1 is 1.31 bits per heavy atom. The van der Waals surface area contributed by atoms with Crippen molar-refractivity contribution >= 4 is 11.5 Å². The molecule has 0 aromatic carbocycles. The van der Waals surface area contributed by atoms with Crippen LogP contribution in [0.1, 0.15) is 5.69 Å². The lowest BCUT2D eigenvalue weighted by atomic mass is 10.4. The van der Waals surface area contributed by atoms with Gasteiger partial charge in [0.05, 0.1) is 18.1 Å². The first-order valence-corrected chi connectivity index (χ1v) is 3.88. The molecule has 0 saturated carbocycles. The highest BCUT2D eigenvalue weighted by Gasteiger charge is 1.97. The van der Waals surface area contributed by atoms with Crippen LogP contribution in [-0.4, -0.2) is 20.2 Å². The topological polar surface area (TPSA) is 66.5 Å². The van der Waals surface area contributed by atoms with Gasteiger partial charge in [0.1, 0.15) is 6.33 Å². The lowest BCUT2D eigenvalue weighted by Gasteiger charge is -1.98. The summed E-state index contributed by atoms with van der Waals surface area (Å²) in [6.45, 7) is 1.94. The third-order valence-corrected chi connectivity index (χ3v) is 1.54. The van der Waals surface area contributed by atoms with Crippen molar-refractivity contribution in [1.82, 2.24) is 20.2 Å². The number of hydrogen-bond donors (Lipinski definition) is 2. The van der Waals surface area contributed by atoms with Gasteiger partial charge in [-0.25, -0.2) is 9.97 Å².